The van der Waals surface area contributed by atoms with Gasteiger partial charge in [-0.05, 0) is 71.0 Å². The molecule has 2 N–H and O–H groups in total. The van der Waals surface area contributed by atoms with Gasteiger partial charge in [-0.15, -0.1) is 0 Å². The number of hydrogen-bond donors (Lipinski definition) is 2. The number of nitrogens with zero attached hydrogens (tertiary/aromatic N) is 2. The van der Waals surface area contributed by atoms with E-state index in [1.807, 2.05) is 11.8 Å². The van der Waals surface area contributed by atoms with Crippen LogP contribution in [0.25, 0.3) is 0 Å². The number of aliphatic hydroxyl groups is 1. The van der Waals surface area contributed by atoms with Crippen LogP contribution in [0.3, 0.4) is 0 Å². The molecule has 0 saturated carbocycles. The van der Waals surface area contributed by atoms with Crippen molar-refractivity contribution in [2.75, 3.05) is 39.8 Å². The summed E-state index contributed by atoms with van der Waals surface area (Å²) in [5.74, 6) is 1.12. The predicted molar refractivity (Wildman–Crippen MR) is 84.2 cm³/mol. The van der Waals surface area contributed by atoms with Crippen molar-refractivity contribution in [1.29, 1.82) is 0 Å². The molecule has 0 aliphatic carbocycles. The van der Waals surface area contributed by atoms with Gasteiger partial charge in [0.1, 0.15) is 0 Å². The second kappa shape index (κ2) is 7.99. The standard InChI is InChI=1S/C16H31N3O2/c1-13(20)15-6-11-19(12-7-15)16(21)17-8-3-14-4-9-18(2)10-5-14/h13-15,20H,3-12H2,1-2H3,(H,17,21). The monoisotopic (exact) mass is 297 g/mol. The first-order valence-corrected chi connectivity index (χ1v) is 8.45. The van der Waals surface area contributed by atoms with Crippen molar-refractivity contribution in [1.82, 2.24) is 15.1 Å². The molecule has 2 heterocycles. The van der Waals surface area contributed by atoms with Crippen LogP contribution in [0.1, 0.15) is 39.0 Å². The minimum Gasteiger partial charge on any atom is -0.393 e. The number of likely N-dealkylation sites (tertiary alicyclic amines) is 2. The van der Waals surface area contributed by atoms with Crippen LogP contribution in [-0.2, 0) is 0 Å². The zero-order valence-corrected chi connectivity index (χ0v) is 13.6. The molecular formula is C16H31N3O2. The van der Waals surface area contributed by atoms with Crippen molar-refractivity contribution >= 4 is 6.03 Å². The lowest BCUT2D eigenvalue weighted by molar-refractivity contribution is 0.0797. The highest BCUT2D eigenvalue weighted by Gasteiger charge is 2.25. The number of carbonyl (C=O) groups excluding carboxylic acids is 1. The van der Waals surface area contributed by atoms with Gasteiger partial charge in [0.2, 0.25) is 0 Å². The Hall–Kier alpha value is -0.810. The van der Waals surface area contributed by atoms with Gasteiger partial charge in [0.15, 0.2) is 0 Å². The highest BCUT2D eigenvalue weighted by Crippen LogP contribution is 2.21. The van der Waals surface area contributed by atoms with Crippen molar-refractivity contribution in [3.63, 3.8) is 0 Å². The number of aliphatic hydroxyl groups excluding tert-OH is 1. The summed E-state index contributed by atoms with van der Waals surface area (Å²) in [6.45, 7) is 6.56. The average molecular weight is 297 g/mol. The summed E-state index contributed by atoms with van der Waals surface area (Å²) in [5, 5.41) is 12.6. The third kappa shape index (κ3) is 5.15. The number of carbonyl (C=O) groups is 1. The van der Waals surface area contributed by atoms with Gasteiger partial charge in [-0.25, -0.2) is 4.79 Å². The molecule has 2 amide bonds. The van der Waals surface area contributed by atoms with Gasteiger partial charge in [0.25, 0.3) is 0 Å². The van der Waals surface area contributed by atoms with Crippen molar-refractivity contribution in [3.05, 3.63) is 0 Å². The summed E-state index contributed by atoms with van der Waals surface area (Å²) in [6.07, 6.45) is 5.20. The highest BCUT2D eigenvalue weighted by atomic mass is 16.3. The maximum Gasteiger partial charge on any atom is 0.317 e. The Morgan fingerprint density at radius 2 is 1.81 bits per heavy atom. The zero-order valence-electron chi connectivity index (χ0n) is 13.6. The van der Waals surface area contributed by atoms with Gasteiger partial charge in [-0.2, -0.15) is 0 Å². The van der Waals surface area contributed by atoms with Crippen molar-refractivity contribution in [3.8, 4) is 0 Å². The van der Waals surface area contributed by atoms with E-state index in [0.717, 1.165) is 44.8 Å². The van der Waals surface area contributed by atoms with Crippen LogP contribution in [0.5, 0.6) is 0 Å². The molecular weight excluding hydrogens is 266 g/mol. The molecule has 2 rings (SSSR count). The summed E-state index contributed by atoms with van der Waals surface area (Å²) >= 11 is 0. The molecule has 0 spiro atoms. The Morgan fingerprint density at radius 1 is 1.19 bits per heavy atom. The van der Waals surface area contributed by atoms with Gasteiger partial charge >= 0.3 is 6.03 Å². The fourth-order valence-corrected chi connectivity index (χ4v) is 3.43. The number of piperidine rings is 2. The van der Waals surface area contributed by atoms with Crippen LogP contribution in [0.2, 0.25) is 0 Å². The Bertz CT molecular complexity index is 319. The number of nitrogens with one attached hydrogen (secondary N) is 1. The zero-order chi connectivity index (χ0) is 15.2. The van der Waals surface area contributed by atoms with Gasteiger partial charge in [0.05, 0.1) is 6.10 Å². The third-order valence-electron chi connectivity index (χ3n) is 5.18. The van der Waals surface area contributed by atoms with Gasteiger partial charge in [-0.1, -0.05) is 0 Å². The largest absolute Gasteiger partial charge is 0.393 e. The minimum atomic E-state index is -0.250. The second-order valence-corrected chi connectivity index (χ2v) is 6.83. The predicted octanol–water partition coefficient (Wildman–Crippen LogP) is 1.52. The summed E-state index contributed by atoms with van der Waals surface area (Å²) in [7, 11) is 2.18. The van der Waals surface area contributed by atoms with Crippen LogP contribution < -0.4 is 5.32 Å². The molecule has 0 bridgehead atoms. The molecule has 2 fully saturated rings. The van der Waals surface area contributed by atoms with Crippen molar-refractivity contribution in [2.24, 2.45) is 11.8 Å². The van der Waals surface area contributed by atoms with E-state index in [-0.39, 0.29) is 12.1 Å². The molecule has 5 nitrogen and oxygen atoms in total. The molecule has 1 atom stereocenters. The smallest absolute Gasteiger partial charge is 0.317 e. The van der Waals surface area contributed by atoms with Gasteiger partial charge in [0, 0.05) is 19.6 Å². The van der Waals surface area contributed by atoms with E-state index in [1.54, 1.807) is 0 Å². The summed E-state index contributed by atoms with van der Waals surface area (Å²) in [4.78, 5) is 16.4. The minimum absolute atomic E-state index is 0.0759. The lowest BCUT2D eigenvalue weighted by atomic mass is 9.92. The molecule has 0 aromatic rings. The van der Waals surface area contributed by atoms with E-state index in [9.17, 15) is 9.90 Å². The molecule has 2 aliphatic rings. The summed E-state index contributed by atoms with van der Waals surface area (Å²) in [6, 6.07) is 0.0759. The van der Waals surface area contributed by atoms with Crippen LogP contribution in [0, 0.1) is 11.8 Å². The first-order valence-electron chi connectivity index (χ1n) is 8.45. The van der Waals surface area contributed by atoms with Crippen LogP contribution in [-0.4, -0.2) is 66.8 Å². The van der Waals surface area contributed by atoms with E-state index in [4.69, 9.17) is 0 Å². The average Bonchev–Trinajstić information content (AvgIpc) is 2.49. The van der Waals surface area contributed by atoms with E-state index >= 15 is 0 Å². The SMILES string of the molecule is CC(O)C1CCN(C(=O)NCCC2CCN(C)CC2)CC1. The maximum absolute atomic E-state index is 12.1. The number of amides is 2. The first-order chi connectivity index (χ1) is 10.1. The van der Waals surface area contributed by atoms with E-state index in [2.05, 4.69) is 17.3 Å². The topological polar surface area (TPSA) is 55.8 Å². The van der Waals surface area contributed by atoms with Crippen molar-refractivity contribution in [2.45, 2.75) is 45.1 Å². The van der Waals surface area contributed by atoms with E-state index < -0.39 is 0 Å². The molecule has 1 unspecified atom stereocenters. The van der Waals surface area contributed by atoms with Crippen LogP contribution >= 0.6 is 0 Å². The van der Waals surface area contributed by atoms with Crippen molar-refractivity contribution < 1.29 is 9.90 Å². The third-order valence-corrected chi connectivity index (χ3v) is 5.18. The van der Waals surface area contributed by atoms with Crippen LogP contribution in [0.4, 0.5) is 4.79 Å². The molecule has 0 aromatic heterocycles. The van der Waals surface area contributed by atoms with Gasteiger partial charge in [-0.3, -0.25) is 0 Å². The lowest BCUT2D eigenvalue weighted by Gasteiger charge is -2.33. The second-order valence-electron chi connectivity index (χ2n) is 6.83. The number of urea groups is 1. The summed E-state index contributed by atoms with van der Waals surface area (Å²) in [5.41, 5.74) is 0. The Balaban J connectivity index is 1.60. The molecule has 2 saturated heterocycles. The molecule has 0 aromatic carbocycles. The van der Waals surface area contributed by atoms with E-state index in [1.165, 1.54) is 25.9 Å². The maximum atomic E-state index is 12.1. The Kier molecular flexibility index (Phi) is 6.30. The quantitative estimate of drug-likeness (QED) is 0.827. The lowest BCUT2D eigenvalue weighted by Crippen LogP contribution is -2.46. The normalized spacial score (nSPS) is 24.0. The highest BCUT2D eigenvalue weighted by molar-refractivity contribution is 5.74. The number of rotatable bonds is 4. The molecule has 0 radical (unpaired) electrons. The molecule has 122 valence electrons. The fraction of sp³-hybridized carbons (Fsp3) is 0.938. The Morgan fingerprint density at radius 3 is 2.38 bits per heavy atom. The van der Waals surface area contributed by atoms with Crippen LogP contribution in [0.15, 0.2) is 0 Å². The first kappa shape index (κ1) is 16.6. The van der Waals surface area contributed by atoms with E-state index in [0.29, 0.717) is 5.92 Å². The Labute approximate surface area is 128 Å². The number of hydrogen-bond acceptors (Lipinski definition) is 3. The molecule has 2 aliphatic heterocycles. The van der Waals surface area contributed by atoms with Gasteiger partial charge < -0.3 is 20.2 Å². The fourth-order valence-electron chi connectivity index (χ4n) is 3.43. The summed E-state index contributed by atoms with van der Waals surface area (Å²) < 4.78 is 0. The molecule has 21 heavy (non-hydrogen) atoms. The molecule has 5 heteroatoms.